The number of rotatable bonds is 4. The van der Waals surface area contributed by atoms with E-state index in [0.29, 0.717) is 14.9 Å². The summed E-state index contributed by atoms with van der Waals surface area (Å²) in [6.07, 6.45) is 3.75. The maximum atomic E-state index is 12.4. The molecular weight excluding hydrogens is 396 g/mol. The fraction of sp³-hybridized carbons (Fsp3) is 0.300. The Morgan fingerprint density at radius 3 is 2.75 bits per heavy atom. The topological polar surface area (TPSA) is 70.1 Å². The summed E-state index contributed by atoms with van der Waals surface area (Å²) in [7, 11) is 2.13. The normalized spacial score (nSPS) is 14.5. The highest BCUT2D eigenvalue weighted by molar-refractivity contribution is 7.17. The highest BCUT2D eigenvalue weighted by atomic mass is 35.5. The molecular formula is C20H21ClN4O2S. The summed E-state index contributed by atoms with van der Waals surface area (Å²) in [6.45, 7) is 2.31. The van der Waals surface area contributed by atoms with E-state index in [1.54, 1.807) is 22.9 Å². The Morgan fingerprint density at radius 1 is 1.21 bits per heavy atom. The first-order chi connectivity index (χ1) is 13.5. The zero-order valence-electron chi connectivity index (χ0n) is 15.5. The molecule has 0 saturated heterocycles. The summed E-state index contributed by atoms with van der Waals surface area (Å²) in [5, 5.41) is 2.81. The number of aromatic nitrogens is 2. The molecule has 6 nitrogen and oxygen atoms in total. The number of amides is 1. The summed E-state index contributed by atoms with van der Waals surface area (Å²) in [5.41, 5.74) is 3.91. The summed E-state index contributed by atoms with van der Waals surface area (Å²) in [5.74, 6) is -0.209. The van der Waals surface area contributed by atoms with Crippen molar-refractivity contribution in [3.8, 4) is 5.69 Å². The van der Waals surface area contributed by atoms with Gasteiger partial charge in [-0.3, -0.25) is 9.36 Å². The number of halogens is 1. The SMILES string of the molecule is CN1CCc2ccc(-n3cc(CNC(=O)c4ccc(Cl)s4)[nH]c3=O)cc2CC1. The summed E-state index contributed by atoms with van der Waals surface area (Å²) >= 11 is 7.09. The third kappa shape index (κ3) is 4.06. The molecule has 2 aromatic heterocycles. The van der Waals surface area contributed by atoms with E-state index in [1.165, 1.54) is 22.5 Å². The third-order valence-electron chi connectivity index (χ3n) is 5.00. The summed E-state index contributed by atoms with van der Waals surface area (Å²) in [4.78, 5) is 30.3. The smallest absolute Gasteiger partial charge is 0.330 e. The van der Waals surface area contributed by atoms with E-state index in [0.717, 1.165) is 31.6 Å². The van der Waals surface area contributed by atoms with E-state index in [1.807, 2.05) is 6.07 Å². The largest absolute Gasteiger partial charge is 0.346 e. The van der Waals surface area contributed by atoms with E-state index in [2.05, 4.69) is 34.4 Å². The molecule has 0 fully saturated rings. The second-order valence-electron chi connectivity index (χ2n) is 7.00. The van der Waals surface area contributed by atoms with Gasteiger partial charge in [0, 0.05) is 19.3 Å². The number of H-pyrrole nitrogens is 1. The Balaban J connectivity index is 1.50. The molecule has 1 aromatic carbocycles. The van der Waals surface area contributed by atoms with Crippen molar-refractivity contribution in [1.29, 1.82) is 0 Å². The van der Waals surface area contributed by atoms with Gasteiger partial charge in [0.05, 0.1) is 27.1 Å². The van der Waals surface area contributed by atoms with Gasteiger partial charge in [0.15, 0.2) is 0 Å². The molecule has 8 heteroatoms. The number of fused-ring (bicyclic) bond motifs is 1. The average molecular weight is 417 g/mol. The predicted octanol–water partition coefficient (Wildman–Crippen LogP) is 2.84. The lowest BCUT2D eigenvalue weighted by Gasteiger charge is -2.10. The highest BCUT2D eigenvalue weighted by Crippen LogP contribution is 2.21. The number of benzene rings is 1. The van der Waals surface area contributed by atoms with Gasteiger partial charge in [-0.15, -0.1) is 11.3 Å². The predicted molar refractivity (Wildman–Crippen MR) is 112 cm³/mol. The van der Waals surface area contributed by atoms with E-state index >= 15 is 0 Å². The second kappa shape index (κ2) is 7.95. The number of hydrogen-bond acceptors (Lipinski definition) is 4. The van der Waals surface area contributed by atoms with Crippen LogP contribution >= 0.6 is 22.9 Å². The molecule has 1 amide bonds. The Labute approximate surface area is 171 Å². The Hall–Kier alpha value is -2.35. The standard InChI is InChI=1S/C20H21ClN4O2S/c1-24-8-6-13-2-3-16(10-14(13)7-9-24)25-12-15(23-20(25)27)11-22-19(26)17-4-5-18(21)28-17/h2-5,10,12H,6-9,11H2,1H3,(H,22,26)(H,23,27). The van der Waals surface area contributed by atoms with Crippen LogP contribution in [0.5, 0.6) is 0 Å². The van der Waals surface area contributed by atoms with Gasteiger partial charge in [-0.25, -0.2) is 4.79 Å². The Morgan fingerprint density at radius 2 is 2.00 bits per heavy atom. The molecule has 28 heavy (non-hydrogen) atoms. The molecule has 0 unspecified atom stereocenters. The molecule has 1 aliphatic rings. The lowest BCUT2D eigenvalue weighted by Crippen LogP contribution is -2.22. The molecule has 4 rings (SSSR count). The maximum absolute atomic E-state index is 12.4. The van der Waals surface area contributed by atoms with Crippen molar-refractivity contribution < 1.29 is 4.79 Å². The van der Waals surface area contributed by atoms with E-state index in [9.17, 15) is 9.59 Å². The minimum atomic E-state index is -0.214. The molecule has 0 spiro atoms. The van der Waals surface area contributed by atoms with Gasteiger partial charge >= 0.3 is 5.69 Å². The van der Waals surface area contributed by atoms with Crippen LogP contribution in [0, 0.1) is 0 Å². The lowest BCUT2D eigenvalue weighted by atomic mass is 10.0. The van der Waals surface area contributed by atoms with Crippen molar-refractivity contribution >= 4 is 28.8 Å². The van der Waals surface area contributed by atoms with Gasteiger partial charge in [0.25, 0.3) is 5.91 Å². The monoisotopic (exact) mass is 416 g/mol. The minimum absolute atomic E-state index is 0.209. The second-order valence-corrected chi connectivity index (χ2v) is 8.71. The molecule has 0 aliphatic carbocycles. The van der Waals surface area contributed by atoms with Crippen molar-refractivity contribution in [3.63, 3.8) is 0 Å². The van der Waals surface area contributed by atoms with Gasteiger partial charge in [-0.1, -0.05) is 17.7 Å². The maximum Gasteiger partial charge on any atom is 0.330 e. The quantitative estimate of drug-likeness (QED) is 0.687. The number of hydrogen-bond donors (Lipinski definition) is 2. The zero-order valence-corrected chi connectivity index (χ0v) is 17.1. The molecule has 0 saturated carbocycles. The highest BCUT2D eigenvalue weighted by Gasteiger charge is 2.14. The van der Waals surface area contributed by atoms with E-state index in [4.69, 9.17) is 11.6 Å². The Bertz CT molecular complexity index is 1070. The van der Waals surface area contributed by atoms with Crippen LogP contribution in [-0.4, -0.2) is 40.5 Å². The van der Waals surface area contributed by atoms with Crippen LogP contribution in [0.25, 0.3) is 5.69 Å². The fourth-order valence-electron chi connectivity index (χ4n) is 3.40. The molecule has 3 aromatic rings. The van der Waals surface area contributed by atoms with Crippen LogP contribution < -0.4 is 11.0 Å². The number of thiophene rings is 1. The number of likely N-dealkylation sites (N-methyl/N-ethyl adjacent to an activating group) is 1. The Kier molecular flexibility index (Phi) is 5.39. The fourth-order valence-corrected chi connectivity index (χ4v) is 4.36. The number of nitrogens with zero attached hydrogens (tertiary/aromatic N) is 2. The molecule has 0 radical (unpaired) electrons. The molecule has 0 atom stereocenters. The van der Waals surface area contributed by atoms with Crippen LogP contribution in [-0.2, 0) is 19.4 Å². The number of aromatic amines is 1. The summed E-state index contributed by atoms with van der Waals surface area (Å²) in [6, 6.07) is 9.57. The van der Waals surface area contributed by atoms with Crippen molar-refractivity contribution in [2.75, 3.05) is 20.1 Å². The minimum Gasteiger partial charge on any atom is -0.346 e. The number of carbonyl (C=O) groups is 1. The molecule has 3 heterocycles. The number of carbonyl (C=O) groups excluding carboxylic acids is 1. The first-order valence-corrected chi connectivity index (χ1v) is 10.3. The van der Waals surface area contributed by atoms with Crippen LogP contribution in [0.15, 0.2) is 41.3 Å². The van der Waals surface area contributed by atoms with Crippen LogP contribution in [0.3, 0.4) is 0 Å². The van der Waals surface area contributed by atoms with Gasteiger partial charge < -0.3 is 15.2 Å². The third-order valence-corrected chi connectivity index (χ3v) is 6.23. The van der Waals surface area contributed by atoms with Gasteiger partial charge in [0.2, 0.25) is 0 Å². The molecule has 0 bridgehead atoms. The van der Waals surface area contributed by atoms with Crippen molar-refractivity contribution in [1.82, 2.24) is 19.8 Å². The van der Waals surface area contributed by atoms with Crippen LogP contribution in [0.4, 0.5) is 0 Å². The van der Waals surface area contributed by atoms with Gasteiger partial charge in [0.1, 0.15) is 0 Å². The first kappa shape index (κ1) is 19.0. The average Bonchev–Trinajstić information content (AvgIpc) is 3.23. The number of imidazole rings is 1. The summed E-state index contributed by atoms with van der Waals surface area (Å²) < 4.78 is 2.16. The van der Waals surface area contributed by atoms with Crippen LogP contribution in [0.2, 0.25) is 4.34 Å². The van der Waals surface area contributed by atoms with Crippen molar-refractivity contribution in [2.45, 2.75) is 19.4 Å². The van der Waals surface area contributed by atoms with E-state index < -0.39 is 0 Å². The van der Waals surface area contributed by atoms with E-state index in [-0.39, 0.29) is 18.1 Å². The molecule has 2 N–H and O–H groups in total. The van der Waals surface area contributed by atoms with Crippen molar-refractivity contribution in [2.24, 2.45) is 0 Å². The lowest BCUT2D eigenvalue weighted by molar-refractivity contribution is 0.0954. The zero-order chi connectivity index (χ0) is 19.7. The number of nitrogens with one attached hydrogen (secondary N) is 2. The first-order valence-electron chi connectivity index (χ1n) is 9.14. The molecule has 146 valence electrons. The van der Waals surface area contributed by atoms with Gasteiger partial charge in [-0.05, 0) is 55.3 Å². The van der Waals surface area contributed by atoms with Crippen molar-refractivity contribution in [3.05, 3.63) is 73.0 Å². The van der Waals surface area contributed by atoms with Gasteiger partial charge in [-0.2, -0.15) is 0 Å². The van der Waals surface area contributed by atoms with Crippen LogP contribution in [0.1, 0.15) is 26.5 Å². The molecule has 1 aliphatic heterocycles.